The number of hydrogen-bond acceptors (Lipinski definition) is 3. The molecule has 150 valence electrons. The van der Waals surface area contributed by atoms with Crippen LogP contribution in [0.15, 0.2) is 30.3 Å². The first-order valence-electron chi connectivity index (χ1n) is 10.6. The molecule has 0 aromatic heterocycles. The number of urea groups is 1. The Balaban J connectivity index is 1.35. The van der Waals surface area contributed by atoms with Crippen molar-refractivity contribution in [2.24, 2.45) is 5.92 Å². The lowest BCUT2D eigenvalue weighted by Gasteiger charge is -2.39. The van der Waals surface area contributed by atoms with Crippen LogP contribution in [-0.4, -0.2) is 52.8 Å². The molecule has 6 heteroatoms. The molecular formula is C22H29N3O3. The van der Waals surface area contributed by atoms with Crippen molar-refractivity contribution < 1.29 is 14.4 Å². The van der Waals surface area contributed by atoms with Crippen LogP contribution in [0.4, 0.5) is 4.79 Å². The molecule has 2 heterocycles. The maximum Gasteiger partial charge on any atom is 0.325 e. The van der Waals surface area contributed by atoms with Gasteiger partial charge in [-0.05, 0) is 37.7 Å². The van der Waals surface area contributed by atoms with E-state index in [9.17, 15) is 14.4 Å². The molecule has 4 rings (SSSR count). The van der Waals surface area contributed by atoms with Gasteiger partial charge in [0.05, 0.1) is 0 Å². The highest BCUT2D eigenvalue weighted by Gasteiger charge is 2.52. The van der Waals surface area contributed by atoms with E-state index in [2.05, 4.69) is 5.32 Å². The number of amides is 4. The number of rotatable bonds is 4. The Labute approximate surface area is 166 Å². The van der Waals surface area contributed by atoms with Crippen molar-refractivity contribution in [3.63, 3.8) is 0 Å². The molecule has 4 amide bonds. The van der Waals surface area contributed by atoms with Crippen LogP contribution in [0, 0.1) is 5.92 Å². The van der Waals surface area contributed by atoms with E-state index in [4.69, 9.17) is 0 Å². The summed E-state index contributed by atoms with van der Waals surface area (Å²) >= 11 is 0. The SMILES string of the molecule is O=C(C1CCCCC1)N1CCC2(CC1)NC(=O)N(CCc1ccccc1)C2=O. The quantitative estimate of drug-likeness (QED) is 0.813. The molecule has 0 bridgehead atoms. The summed E-state index contributed by atoms with van der Waals surface area (Å²) in [6.45, 7) is 1.49. The van der Waals surface area contributed by atoms with Crippen molar-refractivity contribution >= 4 is 17.8 Å². The second-order valence-corrected chi connectivity index (χ2v) is 8.36. The molecule has 2 aliphatic heterocycles. The van der Waals surface area contributed by atoms with Gasteiger partial charge in [-0.1, -0.05) is 49.6 Å². The minimum atomic E-state index is -0.822. The summed E-state index contributed by atoms with van der Waals surface area (Å²) in [6, 6.07) is 9.58. The van der Waals surface area contributed by atoms with Crippen molar-refractivity contribution in [1.82, 2.24) is 15.1 Å². The third-order valence-electron chi connectivity index (χ3n) is 6.60. The van der Waals surface area contributed by atoms with E-state index in [1.54, 1.807) is 0 Å². The molecule has 28 heavy (non-hydrogen) atoms. The fourth-order valence-corrected chi connectivity index (χ4v) is 4.82. The normalized spacial score (nSPS) is 22.6. The molecule has 1 aromatic rings. The number of benzene rings is 1. The maximum atomic E-state index is 13.0. The van der Waals surface area contributed by atoms with Gasteiger partial charge in [-0.3, -0.25) is 14.5 Å². The number of hydrogen-bond donors (Lipinski definition) is 1. The molecular weight excluding hydrogens is 354 g/mol. The van der Waals surface area contributed by atoms with E-state index in [-0.39, 0.29) is 23.8 Å². The molecule has 0 atom stereocenters. The minimum Gasteiger partial charge on any atom is -0.342 e. The summed E-state index contributed by atoms with van der Waals surface area (Å²) in [7, 11) is 0. The van der Waals surface area contributed by atoms with Crippen molar-refractivity contribution in [2.45, 2.75) is 56.9 Å². The van der Waals surface area contributed by atoms with Crippen molar-refractivity contribution in [3.8, 4) is 0 Å². The van der Waals surface area contributed by atoms with Crippen LogP contribution in [0.2, 0.25) is 0 Å². The third-order valence-corrected chi connectivity index (χ3v) is 6.60. The van der Waals surface area contributed by atoms with Crippen molar-refractivity contribution in [2.75, 3.05) is 19.6 Å². The summed E-state index contributed by atoms with van der Waals surface area (Å²) in [5.41, 5.74) is 0.286. The zero-order chi connectivity index (χ0) is 19.6. The summed E-state index contributed by atoms with van der Waals surface area (Å²) in [5.74, 6) is 0.268. The summed E-state index contributed by atoms with van der Waals surface area (Å²) in [4.78, 5) is 41.5. The highest BCUT2D eigenvalue weighted by atomic mass is 16.2. The van der Waals surface area contributed by atoms with E-state index in [1.165, 1.54) is 11.3 Å². The Morgan fingerprint density at radius 3 is 2.39 bits per heavy atom. The molecule has 3 fully saturated rings. The van der Waals surface area contributed by atoms with Crippen LogP contribution in [-0.2, 0) is 16.0 Å². The lowest BCUT2D eigenvalue weighted by atomic mass is 9.84. The van der Waals surface area contributed by atoms with Crippen LogP contribution in [0.1, 0.15) is 50.5 Å². The number of carbonyl (C=O) groups is 3. The highest BCUT2D eigenvalue weighted by molar-refractivity contribution is 6.07. The molecule has 0 radical (unpaired) electrons. The summed E-state index contributed by atoms with van der Waals surface area (Å²) in [5, 5.41) is 2.94. The first-order valence-corrected chi connectivity index (χ1v) is 10.6. The molecule has 1 aromatic carbocycles. The van der Waals surface area contributed by atoms with Gasteiger partial charge in [-0.15, -0.1) is 0 Å². The van der Waals surface area contributed by atoms with Crippen LogP contribution in [0.5, 0.6) is 0 Å². The van der Waals surface area contributed by atoms with Crippen LogP contribution in [0.25, 0.3) is 0 Å². The molecule has 0 unspecified atom stereocenters. The lowest BCUT2D eigenvalue weighted by Crippen LogP contribution is -2.56. The smallest absolute Gasteiger partial charge is 0.325 e. The van der Waals surface area contributed by atoms with Gasteiger partial charge in [0.1, 0.15) is 5.54 Å². The molecule has 1 aliphatic carbocycles. The Bertz CT molecular complexity index is 735. The molecule has 3 aliphatic rings. The average Bonchev–Trinajstić information content (AvgIpc) is 2.97. The van der Waals surface area contributed by atoms with Gasteiger partial charge >= 0.3 is 6.03 Å². The first kappa shape index (κ1) is 19.0. The van der Waals surface area contributed by atoms with Gasteiger partial charge in [0.25, 0.3) is 5.91 Å². The Kier molecular flexibility index (Phi) is 5.38. The Morgan fingerprint density at radius 1 is 1.04 bits per heavy atom. The van der Waals surface area contributed by atoms with E-state index < -0.39 is 5.54 Å². The Hall–Kier alpha value is -2.37. The average molecular weight is 383 g/mol. The third kappa shape index (κ3) is 3.64. The van der Waals surface area contributed by atoms with Gasteiger partial charge in [-0.2, -0.15) is 0 Å². The second-order valence-electron chi connectivity index (χ2n) is 8.36. The summed E-state index contributed by atoms with van der Waals surface area (Å²) < 4.78 is 0. The standard InChI is InChI=1S/C22H29N3O3/c26-19(18-9-5-2-6-10-18)24-15-12-22(13-16-24)20(27)25(21(28)23-22)14-11-17-7-3-1-4-8-17/h1,3-4,7-8,18H,2,5-6,9-16H2,(H,23,28). The van der Waals surface area contributed by atoms with Crippen LogP contribution >= 0.6 is 0 Å². The van der Waals surface area contributed by atoms with Crippen LogP contribution in [0.3, 0.4) is 0 Å². The zero-order valence-corrected chi connectivity index (χ0v) is 16.4. The largest absolute Gasteiger partial charge is 0.342 e. The van der Waals surface area contributed by atoms with Crippen LogP contribution < -0.4 is 5.32 Å². The number of carbonyl (C=O) groups excluding carboxylic acids is 3. The molecule has 1 saturated carbocycles. The monoisotopic (exact) mass is 383 g/mol. The number of nitrogens with one attached hydrogen (secondary N) is 1. The maximum absolute atomic E-state index is 13.0. The topological polar surface area (TPSA) is 69.7 Å². The highest BCUT2D eigenvalue weighted by Crippen LogP contribution is 2.32. The van der Waals surface area contributed by atoms with Gasteiger partial charge in [0.2, 0.25) is 5.91 Å². The van der Waals surface area contributed by atoms with E-state index in [1.807, 2.05) is 35.2 Å². The minimum absolute atomic E-state index is 0.127. The van der Waals surface area contributed by atoms with Gasteiger partial charge in [0, 0.05) is 25.6 Å². The number of piperidine rings is 1. The second kappa shape index (κ2) is 7.94. The number of nitrogens with zero attached hydrogens (tertiary/aromatic N) is 2. The predicted octanol–water partition coefficient (Wildman–Crippen LogP) is 2.72. The van der Waals surface area contributed by atoms with Crippen molar-refractivity contribution in [1.29, 1.82) is 0 Å². The van der Waals surface area contributed by atoms with E-state index in [0.717, 1.165) is 31.2 Å². The van der Waals surface area contributed by atoms with E-state index in [0.29, 0.717) is 38.9 Å². The molecule has 2 saturated heterocycles. The molecule has 1 N–H and O–H groups in total. The number of likely N-dealkylation sites (tertiary alicyclic amines) is 1. The summed E-state index contributed by atoms with van der Waals surface area (Å²) in [6.07, 6.45) is 7.16. The van der Waals surface area contributed by atoms with Gasteiger partial charge in [-0.25, -0.2) is 4.79 Å². The van der Waals surface area contributed by atoms with Gasteiger partial charge < -0.3 is 10.2 Å². The van der Waals surface area contributed by atoms with Crippen molar-refractivity contribution in [3.05, 3.63) is 35.9 Å². The number of imide groups is 1. The Morgan fingerprint density at radius 2 is 1.71 bits per heavy atom. The lowest BCUT2D eigenvalue weighted by molar-refractivity contribution is -0.141. The fourth-order valence-electron chi connectivity index (χ4n) is 4.82. The predicted molar refractivity (Wildman–Crippen MR) is 106 cm³/mol. The molecule has 1 spiro atoms. The van der Waals surface area contributed by atoms with E-state index >= 15 is 0 Å². The molecule has 6 nitrogen and oxygen atoms in total. The first-order chi connectivity index (χ1) is 13.6. The zero-order valence-electron chi connectivity index (χ0n) is 16.4. The fraction of sp³-hybridized carbons (Fsp3) is 0.591. The van der Waals surface area contributed by atoms with Gasteiger partial charge in [0.15, 0.2) is 0 Å².